The van der Waals surface area contributed by atoms with Crippen LogP contribution in [0.3, 0.4) is 0 Å². The molecule has 8 aromatic rings. The average molecular weight is 606 g/mol. The predicted molar refractivity (Wildman–Crippen MR) is 181 cm³/mol. The summed E-state index contributed by atoms with van der Waals surface area (Å²) in [6.45, 7) is 4.51. The summed E-state index contributed by atoms with van der Waals surface area (Å²) < 4.78 is 3.47. The van der Waals surface area contributed by atoms with E-state index >= 15 is 0 Å². The molecule has 4 heterocycles. The zero-order valence-corrected chi connectivity index (χ0v) is 25.4. The van der Waals surface area contributed by atoms with Gasteiger partial charge < -0.3 is 4.57 Å². The highest BCUT2D eigenvalue weighted by atomic mass is 16.1. The maximum Gasteiger partial charge on any atom is 0.282 e. The third-order valence-corrected chi connectivity index (χ3v) is 9.52. The van der Waals surface area contributed by atoms with Crippen molar-refractivity contribution in [3.8, 4) is 40.1 Å². The molecule has 0 bridgehead atoms. The number of benzene rings is 4. The molecule has 0 saturated carbocycles. The van der Waals surface area contributed by atoms with Crippen LogP contribution in [0.4, 0.5) is 0 Å². The Morgan fingerprint density at radius 1 is 0.723 bits per heavy atom. The van der Waals surface area contributed by atoms with Crippen LogP contribution in [0.25, 0.3) is 66.4 Å². The molecule has 0 saturated heterocycles. The van der Waals surface area contributed by atoms with Crippen molar-refractivity contribution in [2.24, 2.45) is 0 Å². The molecule has 8 nitrogen and oxygen atoms in total. The number of hydrogen-bond acceptors (Lipinski definition) is 6. The number of pyridine rings is 1. The van der Waals surface area contributed by atoms with E-state index in [-0.39, 0.29) is 33.4 Å². The van der Waals surface area contributed by atoms with Gasteiger partial charge in [0.05, 0.1) is 28.3 Å². The molecule has 0 fully saturated rings. The van der Waals surface area contributed by atoms with Crippen LogP contribution in [0.1, 0.15) is 36.2 Å². The van der Waals surface area contributed by atoms with E-state index in [9.17, 15) is 15.3 Å². The van der Waals surface area contributed by atoms with Crippen molar-refractivity contribution in [1.82, 2.24) is 24.1 Å². The van der Waals surface area contributed by atoms with E-state index in [4.69, 9.17) is 4.98 Å². The maximum absolute atomic E-state index is 13.7. The second kappa shape index (κ2) is 9.43. The fourth-order valence-electron chi connectivity index (χ4n) is 7.35. The van der Waals surface area contributed by atoms with Crippen LogP contribution in [-0.2, 0) is 5.41 Å². The average Bonchev–Trinajstić information content (AvgIpc) is 3.55. The summed E-state index contributed by atoms with van der Waals surface area (Å²) in [5.74, 6) is 0. The van der Waals surface area contributed by atoms with Crippen LogP contribution >= 0.6 is 0 Å². The molecule has 0 amide bonds. The van der Waals surface area contributed by atoms with Crippen molar-refractivity contribution in [3.63, 3.8) is 0 Å². The number of nitriles is 2. The summed E-state index contributed by atoms with van der Waals surface area (Å²) in [6.07, 6.45) is 1.71. The highest BCUT2D eigenvalue weighted by Gasteiger charge is 2.36. The first-order valence-electron chi connectivity index (χ1n) is 15.2. The molecule has 220 valence electrons. The van der Waals surface area contributed by atoms with Gasteiger partial charge in [0.25, 0.3) is 5.56 Å². The number of hydrogen-bond donors (Lipinski definition) is 0. The molecule has 0 N–H and O–H groups in total. The van der Waals surface area contributed by atoms with Crippen LogP contribution in [-0.4, -0.2) is 24.1 Å². The Kier molecular flexibility index (Phi) is 5.37. The summed E-state index contributed by atoms with van der Waals surface area (Å²) in [7, 11) is 0. The molecule has 47 heavy (non-hydrogen) atoms. The summed E-state index contributed by atoms with van der Waals surface area (Å²) in [5, 5.41) is 27.3. The lowest BCUT2D eigenvalue weighted by Gasteiger charge is -2.21. The second-order valence-corrected chi connectivity index (χ2v) is 12.3. The number of rotatable bonds is 2. The zero-order valence-electron chi connectivity index (χ0n) is 25.4. The van der Waals surface area contributed by atoms with Gasteiger partial charge in [-0.2, -0.15) is 25.1 Å². The Morgan fingerprint density at radius 2 is 1.49 bits per heavy atom. The Morgan fingerprint density at radius 3 is 2.30 bits per heavy atom. The van der Waals surface area contributed by atoms with E-state index in [0.717, 1.165) is 21.8 Å². The van der Waals surface area contributed by atoms with Gasteiger partial charge in [-0.05, 0) is 52.1 Å². The van der Waals surface area contributed by atoms with E-state index in [1.54, 1.807) is 24.4 Å². The van der Waals surface area contributed by atoms with Gasteiger partial charge in [0, 0.05) is 21.8 Å². The quantitative estimate of drug-likeness (QED) is 0.189. The lowest BCUT2D eigenvalue weighted by Crippen LogP contribution is -2.17. The van der Waals surface area contributed by atoms with Crippen molar-refractivity contribution in [2.75, 3.05) is 0 Å². The minimum Gasteiger partial charge on any atom is -0.308 e. The Balaban J connectivity index is 1.33. The maximum atomic E-state index is 13.7. The fourth-order valence-corrected chi connectivity index (χ4v) is 7.35. The largest absolute Gasteiger partial charge is 0.308 e. The summed E-state index contributed by atoms with van der Waals surface area (Å²) >= 11 is 0. The summed E-state index contributed by atoms with van der Waals surface area (Å²) in [6, 6.07) is 36.5. The number of aromatic nitrogens is 5. The van der Waals surface area contributed by atoms with E-state index in [0.29, 0.717) is 16.8 Å². The van der Waals surface area contributed by atoms with Crippen LogP contribution in [0.15, 0.2) is 108 Å². The van der Waals surface area contributed by atoms with Crippen molar-refractivity contribution in [1.29, 1.82) is 10.5 Å². The van der Waals surface area contributed by atoms with Crippen molar-refractivity contribution in [2.45, 2.75) is 19.3 Å². The molecule has 0 radical (unpaired) electrons. The smallest absolute Gasteiger partial charge is 0.282 e. The number of nitrogens with zero attached hydrogens (tertiary/aromatic N) is 7. The van der Waals surface area contributed by atoms with Crippen LogP contribution in [0.5, 0.6) is 0 Å². The van der Waals surface area contributed by atoms with Crippen LogP contribution in [0, 0.1) is 22.7 Å². The molecule has 0 atom stereocenters. The second-order valence-electron chi connectivity index (χ2n) is 12.3. The highest BCUT2D eigenvalue weighted by Crippen LogP contribution is 2.50. The Bertz CT molecular complexity index is 2810. The van der Waals surface area contributed by atoms with Crippen molar-refractivity contribution < 1.29 is 0 Å². The van der Waals surface area contributed by atoms with Gasteiger partial charge >= 0.3 is 0 Å². The van der Waals surface area contributed by atoms with E-state index in [1.807, 2.05) is 30.3 Å². The Hall–Kier alpha value is -6.64. The zero-order chi connectivity index (χ0) is 32.0. The predicted octanol–water partition coefficient (Wildman–Crippen LogP) is 7.45. The van der Waals surface area contributed by atoms with Gasteiger partial charge in [-0.15, -0.1) is 0 Å². The number of fused-ring (bicyclic) bond motifs is 9. The van der Waals surface area contributed by atoms with Crippen molar-refractivity contribution in [3.05, 3.63) is 136 Å². The lowest BCUT2D eigenvalue weighted by molar-refractivity contribution is 0.661. The first-order valence-corrected chi connectivity index (χ1v) is 15.2. The van der Waals surface area contributed by atoms with Gasteiger partial charge in [-0.25, -0.2) is 4.98 Å². The minimum atomic E-state index is -0.533. The molecular formula is C39H23N7O. The summed E-state index contributed by atoms with van der Waals surface area (Å²) in [4.78, 5) is 22.8. The summed E-state index contributed by atoms with van der Waals surface area (Å²) in [5.41, 5.74) is 8.35. The van der Waals surface area contributed by atoms with Gasteiger partial charge in [0.1, 0.15) is 17.7 Å². The minimum absolute atomic E-state index is 0.0396. The van der Waals surface area contributed by atoms with E-state index in [2.05, 4.69) is 89.2 Å². The fraction of sp³-hybridized carbons (Fsp3) is 0.0769. The van der Waals surface area contributed by atoms with Gasteiger partial charge in [0.2, 0.25) is 0 Å². The molecule has 1 aliphatic rings. The molecule has 0 spiro atoms. The first-order chi connectivity index (χ1) is 22.9. The van der Waals surface area contributed by atoms with Gasteiger partial charge in [0.15, 0.2) is 17.0 Å². The lowest BCUT2D eigenvalue weighted by atomic mass is 9.82. The third kappa shape index (κ3) is 3.55. The van der Waals surface area contributed by atoms with Gasteiger partial charge in [-0.1, -0.05) is 86.6 Å². The highest BCUT2D eigenvalue weighted by molar-refractivity contribution is 6.11. The molecule has 0 aliphatic heterocycles. The normalized spacial score (nSPS) is 13.1. The monoisotopic (exact) mass is 605 g/mol. The molecule has 0 unspecified atom stereocenters. The third-order valence-electron chi connectivity index (χ3n) is 9.52. The van der Waals surface area contributed by atoms with Crippen molar-refractivity contribution >= 4 is 38.5 Å². The van der Waals surface area contributed by atoms with Crippen LogP contribution < -0.4 is 5.56 Å². The van der Waals surface area contributed by atoms with Crippen LogP contribution in [0.2, 0.25) is 0 Å². The van der Waals surface area contributed by atoms with E-state index in [1.165, 1.54) is 26.8 Å². The number of para-hydroxylation sites is 1. The Labute approximate surface area is 268 Å². The SMILES string of the molecule is CC1(C)c2ccccc2-c2cc3c4ccccc4n(-c4cnc5c(c4)c(=O)nc4c(C#N)c(-c6ccccc6)c(C#N)nn45)c3cc21. The molecular weight excluding hydrogens is 582 g/mol. The standard InChI is InChI=1S/C39H23N7O/c1-39(2)30-14-8-6-12-24(30)26-17-27-25-13-7-9-15-33(25)45(34(27)18-31(26)39)23-16-28-36(42-21-23)46-37(43-38(28)47)29(19-40)35(32(20-41)44-46)22-10-4-3-5-11-22/h3-18,21H,1-2H3. The molecule has 4 aromatic heterocycles. The topological polar surface area (TPSA) is 113 Å². The first kappa shape index (κ1) is 26.7. The molecule has 1 aliphatic carbocycles. The molecule has 4 aromatic carbocycles. The van der Waals surface area contributed by atoms with Gasteiger partial charge in [-0.3, -0.25) is 4.79 Å². The molecule has 8 heteroatoms. The molecule has 9 rings (SSSR count). The van der Waals surface area contributed by atoms with E-state index < -0.39 is 5.56 Å².